The van der Waals surface area contributed by atoms with Gasteiger partial charge in [0.1, 0.15) is 0 Å². The topological polar surface area (TPSA) is 124 Å². The van der Waals surface area contributed by atoms with E-state index in [4.69, 9.17) is 4.74 Å². The Bertz CT molecular complexity index is 753. The zero-order valence-electron chi connectivity index (χ0n) is 12.0. The third kappa shape index (κ3) is 2.83. The minimum Gasteiger partial charge on any atom is -0.476 e. The van der Waals surface area contributed by atoms with E-state index in [9.17, 15) is 20.0 Å². The molecule has 1 aliphatic heterocycles. The number of hydrogen-bond donors (Lipinski definition) is 1. The molecule has 10 nitrogen and oxygen atoms in total. The molecule has 1 aromatic heterocycles. The van der Waals surface area contributed by atoms with E-state index in [1.165, 1.54) is 18.2 Å². The van der Waals surface area contributed by atoms with E-state index in [1.807, 2.05) is 0 Å². The maximum absolute atomic E-state index is 11.4. The summed E-state index contributed by atoms with van der Waals surface area (Å²) in [6, 6.07) is 5.90. The maximum atomic E-state index is 11.4. The molecule has 1 N–H and O–H groups in total. The molecule has 0 atom stereocenters. The summed E-state index contributed by atoms with van der Waals surface area (Å²) in [5.74, 6) is -1.06. The first-order chi connectivity index (χ1) is 11.1. The summed E-state index contributed by atoms with van der Waals surface area (Å²) < 4.78 is 5.23. The normalized spacial score (nSPS) is 14.7. The third-order valence-corrected chi connectivity index (χ3v) is 3.40. The lowest BCUT2D eigenvalue weighted by Crippen LogP contribution is -2.37. The van der Waals surface area contributed by atoms with E-state index in [0.717, 1.165) is 4.80 Å². The number of ether oxygens (including phenoxy) is 1. The highest BCUT2D eigenvalue weighted by molar-refractivity contribution is 5.91. The summed E-state index contributed by atoms with van der Waals surface area (Å²) in [5, 5.41) is 28.5. The number of nitro benzene ring substituents is 1. The van der Waals surface area contributed by atoms with Crippen LogP contribution in [0.5, 0.6) is 0 Å². The number of nitrogens with zero attached hydrogens (tertiary/aromatic N) is 5. The van der Waals surface area contributed by atoms with Crippen molar-refractivity contribution in [3.8, 4) is 5.69 Å². The lowest BCUT2D eigenvalue weighted by molar-refractivity contribution is -0.384. The van der Waals surface area contributed by atoms with Crippen molar-refractivity contribution in [2.24, 2.45) is 0 Å². The van der Waals surface area contributed by atoms with Gasteiger partial charge in [-0.3, -0.25) is 10.1 Å². The smallest absolute Gasteiger partial charge is 0.360 e. The van der Waals surface area contributed by atoms with Gasteiger partial charge in [0.05, 0.1) is 18.1 Å². The first kappa shape index (κ1) is 14.9. The molecule has 120 valence electrons. The van der Waals surface area contributed by atoms with Gasteiger partial charge in [0.2, 0.25) is 5.69 Å². The number of hydrogen-bond acceptors (Lipinski definition) is 7. The second kappa shape index (κ2) is 6.01. The SMILES string of the molecule is O=C(O)c1nn(-c2ccccc2[N+](=O)[O-])nc1N1CCOCC1. The molecule has 0 aliphatic carbocycles. The number of carbonyl (C=O) groups is 1. The minimum absolute atomic E-state index is 0.111. The second-order valence-electron chi connectivity index (χ2n) is 4.81. The van der Waals surface area contributed by atoms with Gasteiger partial charge >= 0.3 is 5.97 Å². The molecular weight excluding hydrogens is 306 g/mol. The van der Waals surface area contributed by atoms with E-state index in [2.05, 4.69) is 10.2 Å². The number of aromatic nitrogens is 3. The summed E-state index contributed by atoms with van der Waals surface area (Å²) in [5.41, 5.74) is -0.336. The molecule has 1 aromatic carbocycles. The Morgan fingerprint density at radius 3 is 2.61 bits per heavy atom. The van der Waals surface area contributed by atoms with Crippen LogP contribution >= 0.6 is 0 Å². The lowest BCUT2D eigenvalue weighted by Gasteiger charge is -2.26. The first-order valence-electron chi connectivity index (χ1n) is 6.85. The summed E-state index contributed by atoms with van der Waals surface area (Å²) in [7, 11) is 0. The molecule has 0 radical (unpaired) electrons. The molecule has 0 unspecified atom stereocenters. The van der Waals surface area contributed by atoms with Gasteiger partial charge in [-0.25, -0.2) is 4.79 Å². The zero-order valence-corrected chi connectivity index (χ0v) is 12.0. The molecule has 1 aliphatic rings. The van der Waals surface area contributed by atoms with Crippen molar-refractivity contribution < 1.29 is 19.6 Å². The fourth-order valence-corrected chi connectivity index (χ4v) is 2.32. The monoisotopic (exact) mass is 319 g/mol. The number of para-hydroxylation sites is 2. The van der Waals surface area contributed by atoms with E-state index < -0.39 is 10.9 Å². The molecule has 0 spiro atoms. The van der Waals surface area contributed by atoms with Crippen molar-refractivity contribution in [1.29, 1.82) is 0 Å². The van der Waals surface area contributed by atoms with Crippen LogP contribution in [0.4, 0.5) is 11.5 Å². The molecule has 1 saturated heterocycles. The maximum Gasteiger partial charge on any atom is 0.360 e. The quantitative estimate of drug-likeness (QED) is 0.645. The van der Waals surface area contributed by atoms with Gasteiger partial charge in [0.25, 0.3) is 5.69 Å². The average Bonchev–Trinajstić information content (AvgIpc) is 3.01. The third-order valence-electron chi connectivity index (χ3n) is 3.40. The van der Waals surface area contributed by atoms with Crippen molar-refractivity contribution in [2.45, 2.75) is 0 Å². The van der Waals surface area contributed by atoms with Gasteiger partial charge in [0.15, 0.2) is 11.5 Å². The lowest BCUT2D eigenvalue weighted by atomic mass is 10.3. The molecule has 2 aromatic rings. The summed E-state index contributed by atoms with van der Waals surface area (Å²) in [6.45, 7) is 1.88. The number of aromatic carboxylic acids is 1. The molecular formula is C13H13N5O5. The van der Waals surface area contributed by atoms with Crippen molar-refractivity contribution >= 4 is 17.5 Å². The van der Waals surface area contributed by atoms with Gasteiger partial charge in [-0.15, -0.1) is 15.0 Å². The van der Waals surface area contributed by atoms with Crippen LogP contribution in [0.2, 0.25) is 0 Å². The predicted octanol–water partition coefficient (Wildman–Crippen LogP) is 0.710. The number of morpholine rings is 1. The Hall–Kier alpha value is -3.01. The minimum atomic E-state index is -1.24. The molecule has 0 saturated carbocycles. The van der Waals surface area contributed by atoms with Gasteiger partial charge in [-0.2, -0.15) is 0 Å². The Kier molecular flexibility index (Phi) is 3.89. The number of nitro groups is 1. The Morgan fingerprint density at radius 2 is 1.96 bits per heavy atom. The van der Waals surface area contributed by atoms with Gasteiger partial charge in [-0.05, 0) is 6.07 Å². The fourth-order valence-electron chi connectivity index (χ4n) is 2.32. The van der Waals surface area contributed by atoms with Crippen LogP contribution < -0.4 is 4.90 Å². The summed E-state index contributed by atoms with van der Waals surface area (Å²) in [6.07, 6.45) is 0. The van der Waals surface area contributed by atoms with E-state index in [1.54, 1.807) is 11.0 Å². The van der Waals surface area contributed by atoms with E-state index in [-0.39, 0.29) is 22.9 Å². The standard InChI is InChI=1S/C13H13N5O5/c19-13(20)11-12(16-5-7-23-8-6-16)15-17(14-11)9-3-1-2-4-10(9)18(21)22/h1-4H,5-8H2,(H,19,20). The van der Waals surface area contributed by atoms with E-state index in [0.29, 0.717) is 26.3 Å². The highest BCUT2D eigenvalue weighted by Crippen LogP contribution is 2.24. The van der Waals surface area contributed by atoms with Crippen molar-refractivity contribution in [2.75, 3.05) is 31.2 Å². The molecule has 10 heteroatoms. The van der Waals surface area contributed by atoms with Crippen LogP contribution in [0, 0.1) is 10.1 Å². The molecule has 2 heterocycles. The average molecular weight is 319 g/mol. The highest BCUT2D eigenvalue weighted by Gasteiger charge is 2.26. The molecule has 0 amide bonds. The van der Waals surface area contributed by atoms with Crippen molar-refractivity contribution in [1.82, 2.24) is 15.0 Å². The fraction of sp³-hybridized carbons (Fsp3) is 0.308. The molecule has 1 fully saturated rings. The predicted molar refractivity (Wildman–Crippen MR) is 78.0 cm³/mol. The van der Waals surface area contributed by atoms with Gasteiger partial charge < -0.3 is 14.7 Å². The number of carboxylic acid groups (broad SMARTS) is 1. The van der Waals surface area contributed by atoms with Crippen LogP contribution in [0.25, 0.3) is 5.69 Å². The summed E-state index contributed by atoms with van der Waals surface area (Å²) >= 11 is 0. The highest BCUT2D eigenvalue weighted by atomic mass is 16.6. The van der Waals surface area contributed by atoms with E-state index >= 15 is 0 Å². The Labute approximate surface area is 130 Å². The van der Waals surface area contributed by atoms with Crippen molar-refractivity contribution in [3.05, 3.63) is 40.1 Å². The van der Waals surface area contributed by atoms with Crippen molar-refractivity contribution in [3.63, 3.8) is 0 Å². The van der Waals surface area contributed by atoms with Crippen LogP contribution in [0.1, 0.15) is 10.5 Å². The number of anilines is 1. The second-order valence-corrected chi connectivity index (χ2v) is 4.81. The zero-order chi connectivity index (χ0) is 16.4. The summed E-state index contributed by atoms with van der Waals surface area (Å²) in [4.78, 5) is 24.7. The Morgan fingerprint density at radius 1 is 1.26 bits per heavy atom. The molecule has 3 rings (SSSR count). The number of benzene rings is 1. The number of carboxylic acids is 1. The first-order valence-corrected chi connectivity index (χ1v) is 6.85. The van der Waals surface area contributed by atoms with Crippen LogP contribution in [0.15, 0.2) is 24.3 Å². The molecule has 23 heavy (non-hydrogen) atoms. The van der Waals surface area contributed by atoms with Crippen LogP contribution in [0.3, 0.4) is 0 Å². The van der Waals surface area contributed by atoms with Crippen LogP contribution in [-0.4, -0.2) is 57.3 Å². The van der Waals surface area contributed by atoms with Gasteiger partial charge in [-0.1, -0.05) is 12.1 Å². The Balaban J connectivity index is 2.08. The van der Waals surface area contributed by atoms with Crippen LogP contribution in [-0.2, 0) is 4.74 Å². The number of rotatable bonds is 4. The largest absolute Gasteiger partial charge is 0.476 e. The van der Waals surface area contributed by atoms with Gasteiger partial charge in [0, 0.05) is 19.2 Å². The molecule has 0 bridgehead atoms.